The van der Waals surface area contributed by atoms with Crippen molar-refractivity contribution in [3.63, 3.8) is 0 Å². The van der Waals surface area contributed by atoms with E-state index in [0.717, 1.165) is 38.5 Å². The summed E-state index contributed by atoms with van der Waals surface area (Å²) in [5, 5.41) is 11.9. The van der Waals surface area contributed by atoms with Gasteiger partial charge >= 0.3 is 0 Å². The van der Waals surface area contributed by atoms with Crippen LogP contribution in [0.5, 0.6) is 0 Å². The van der Waals surface area contributed by atoms with Gasteiger partial charge in [-0.3, -0.25) is 4.79 Å². The minimum atomic E-state index is -0.193. The average molecular weight is 257 g/mol. The molecule has 1 atom stereocenters. The SMILES string of the molecule is CCCC(CCO)CNC(=O)CC1(OC)CCC1. The zero-order chi connectivity index (χ0) is 13.4. The normalized spacial score (nSPS) is 19.1. The number of rotatable bonds is 9. The van der Waals surface area contributed by atoms with E-state index in [1.807, 2.05) is 0 Å². The number of methoxy groups -OCH3 is 1. The van der Waals surface area contributed by atoms with Crippen LogP contribution in [-0.2, 0) is 9.53 Å². The highest BCUT2D eigenvalue weighted by atomic mass is 16.5. The maximum atomic E-state index is 11.9. The highest BCUT2D eigenvalue weighted by molar-refractivity contribution is 5.77. The third-order valence-electron chi connectivity index (χ3n) is 4.00. The summed E-state index contributed by atoms with van der Waals surface area (Å²) in [5.41, 5.74) is -0.193. The molecule has 0 bridgehead atoms. The first-order valence-corrected chi connectivity index (χ1v) is 7.08. The number of hydrogen-bond acceptors (Lipinski definition) is 3. The van der Waals surface area contributed by atoms with E-state index in [2.05, 4.69) is 12.2 Å². The van der Waals surface area contributed by atoms with Crippen LogP contribution in [0, 0.1) is 5.92 Å². The molecule has 4 nitrogen and oxygen atoms in total. The van der Waals surface area contributed by atoms with E-state index in [4.69, 9.17) is 9.84 Å². The number of amides is 1. The number of carbonyl (C=O) groups excluding carboxylic acids is 1. The van der Waals surface area contributed by atoms with Gasteiger partial charge in [0.1, 0.15) is 0 Å². The summed E-state index contributed by atoms with van der Waals surface area (Å²) >= 11 is 0. The van der Waals surface area contributed by atoms with E-state index in [-0.39, 0.29) is 18.1 Å². The van der Waals surface area contributed by atoms with Gasteiger partial charge in [-0.25, -0.2) is 0 Å². The summed E-state index contributed by atoms with van der Waals surface area (Å²) in [6, 6.07) is 0. The fourth-order valence-corrected chi connectivity index (χ4v) is 2.58. The lowest BCUT2D eigenvalue weighted by Crippen LogP contribution is -2.44. The largest absolute Gasteiger partial charge is 0.396 e. The standard InChI is InChI=1S/C14H27NO3/c1-3-5-12(6-9-16)11-15-13(17)10-14(18-2)7-4-8-14/h12,16H,3-11H2,1-2H3,(H,15,17). The molecular formula is C14H27NO3. The predicted molar refractivity (Wildman–Crippen MR) is 71.3 cm³/mol. The first-order chi connectivity index (χ1) is 8.65. The molecule has 1 fully saturated rings. The van der Waals surface area contributed by atoms with Crippen molar-refractivity contribution in [1.29, 1.82) is 0 Å². The molecule has 1 aliphatic carbocycles. The van der Waals surface area contributed by atoms with Gasteiger partial charge in [0.15, 0.2) is 0 Å². The zero-order valence-corrected chi connectivity index (χ0v) is 11.7. The number of ether oxygens (including phenoxy) is 1. The van der Waals surface area contributed by atoms with Gasteiger partial charge in [0.2, 0.25) is 5.91 Å². The number of aliphatic hydroxyl groups excluding tert-OH is 1. The Morgan fingerprint density at radius 2 is 2.17 bits per heavy atom. The highest BCUT2D eigenvalue weighted by Gasteiger charge is 2.38. The molecule has 2 N–H and O–H groups in total. The zero-order valence-electron chi connectivity index (χ0n) is 11.7. The smallest absolute Gasteiger partial charge is 0.222 e. The second-order valence-electron chi connectivity index (χ2n) is 5.39. The highest BCUT2D eigenvalue weighted by Crippen LogP contribution is 2.37. The predicted octanol–water partition coefficient (Wildman–Crippen LogP) is 1.86. The molecule has 1 unspecified atom stereocenters. The van der Waals surface area contributed by atoms with Crippen LogP contribution in [0.25, 0.3) is 0 Å². The van der Waals surface area contributed by atoms with Crippen molar-refractivity contribution in [3.05, 3.63) is 0 Å². The molecule has 0 aromatic rings. The fourth-order valence-electron chi connectivity index (χ4n) is 2.58. The summed E-state index contributed by atoms with van der Waals surface area (Å²) in [6.07, 6.45) is 6.52. The van der Waals surface area contributed by atoms with Crippen LogP contribution in [0.2, 0.25) is 0 Å². The lowest BCUT2D eigenvalue weighted by atomic mass is 9.77. The Morgan fingerprint density at radius 1 is 1.44 bits per heavy atom. The number of aliphatic hydroxyl groups is 1. The molecule has 0 aromatic heterocycles. The molecule has 0 aromatic carbocycles. The second-order valence-corrected chi connectivity index (χ2v) is 5.39. The molecular weight excluding hydrogens is 230 g/mol. The maximum absolute atomic E-state index is 11.9. The van der Waals surface area contributed by atoms with Crippen LogP contribution >= 0.6 is 0 Å². The van der Waals surface area contributed by atoms with E-state index in [1.54, 1.807) is 7.11 Å². The molecule has 0 saturated heterocycles. The van der Waals surface area contributed by atoms with Gasteiger partial charge in [0.25, 0.3) is 0 Å². The van der Waals surface area contributed by atoms with Crippen molar-refractivity contribution < 1.29 is 14.6 Å². The summed E-state index contributed by atoms with van der Waals surface area (Å²) in [4.78, 5) is 11.9. The van der Waals surface area contributed by atoms with Crippen LogP contribution in [0.3, 0.4) is 0 Å². The Morgan fingerprint density at radius 3 is 2.61 bits per heavy atom. The van der Waals surface area contributed by atoms with Crippen LogP contribution in [0.4, 0.5) is 0 Å². The lowest BCUT2D eigenvalue weighted by Gasteiger charge is -2.40. The molecule has 1 saturated carbocycles. The Bertz CT molecular complexity index is 240. The molecule has 0 radical (unpaired) electrons. The number of carbonyl (C=O) groups is 1. The quantitative estimate of drug-likeness (QED) is 0.663. The second kappa shape index (κ2) is 7.74. The van der Waals surface area contributed by atoms with Crippen LogP contribution < -0.4 is 5.32 Å². The number of hydrogen-bond donors (Lipinski definition) is 2. The maximum Gasteiger partial charge on any atom is 0.222 e. The summed E-state index contributed by atoms with van der Waals surface area (Å²) < 4.78 is 5.45. The topological polar surface area (TPSA) is 58.6 Å². The Labute approximate surface area is 110 Å². The van der Waals surface area contributed by atoms with Crippen LogP contribution in [0.15, 0.2) is 0 Å². The van der Waals surface area contributed by atoms with E-state index in [0.29, 0.717) is 18.9 Å². The fraction of sp³-hybridized carbons (Fsp3) is 0.929. The molecule has 0 spiro atoms. The van der Waals surface area contributed by atoms with Crippen molar-refractivity contribution >= 4 is 5.91 Å². The van der Waals surface area contributed by atoms with E-state index >= 15 is 0 Å². The Kier molecular flexibility index (Phi) is 6.65. The first kappa shape index (κ1) is 15.4. The summed E-state index contributed by atoms with van der Waals surface area (Å²) in [6.45, 7) is 3.00. The van der Waals surface area contributed by atoms with Gasteiger partial charge in [-0.1, -0.05) is 13.3 Å². The molecule has 18 heavy (non-hydrogen) atoms. The molecule has 1 rings (SSSR count). The molecule has 106 valence electrons. The first-order valence-electron chi connectivity index (χ1n) is 7.08. The van der Waals surface area contributed by atoms with Crippen molar-refractivity contribution in [1.82, 2.24) is 5.32 Å². The van der Waals surface area contributed by atoms with Crippen molar-refractivity contribution in [3.8, 4) is 0 Å². The van der Waals surface area contributed by atoms with Gasteiger partial charge in [0.05, 0.1) is 12.0 Å². The monoisotopic (exact) mass is 257 g/mol. The minimum absolute atomic E-state index is 0.0793. The van der Waals surface area contributed by atoms with Gasteiger partial charge < -0.3 is 15.2 Å². The van der Waals surface area contributed by atoms with E-state index in [9.17, 15) is 4.79 Å². The van der Waals surface area contributed by atoms with Crippen LogP contribution in [-0.4, -0.2) is 36.9 Å². The van der Waals surface area contributed by atoms with Gasteiger partial charge in [0, 0.05) is 20.3 Å². The summed E-state index contributed by atoms with van der Waals surface area (Å²) in [5.74, 6) is 0.472. The average Bonchev–Trinajstić information content (AvgIpc) is 2.31. The molecule has 1 aliphatic rings. The Balaban J connectivity index is 2.26. The van der Waals surface area contributed by atoms with Gasteiger partial charge in [-0.15, -0.1) is 0 Å². The molecule has 1 amide bonds. The van der Waals surface area contributed by atoms with E-state index in [1.165, 1.54) is 0 Å². The molecule has 0 aliphatic heterocycles. The molecule has 0 heterocycles. The third-order valence-corrected chi connectivity index (χ3v) is 4.00. The number of nitrogens with one attached hydrogen (secondary N) is 1. The van der Waals surface area contributed by atoms with Gasteiger partial charge in [-0.05, 0) is 38.0 Å². The third kappa shape index (κ3) is 4.58. The minimum Gasteiger partial charge on any atom is -0.396 e. The summed E-state index contributed by atoms with van der Waals surface area (Å²) in [7, 11) is 1.69. The van der Waals surface area contributed by atoms with Gasteiger partial charge in [-0.2, -0.15) is 0 Å². The lowest BCUT2D eigenvalue weighted by molar-refractivity contribution is -0.134. The van der Waals surface area contributed by atoms with Crippen molar-refractivity contribution in [2.75, 3.05) is 20.3 Å². The Hall–Kier alpha value is -0.610. The van der Waals surface area contributed by atoms with E-state index < -0.39 is 0 Å². The van der Waals surface area contributed by atoms with Crippen LogP contribution in [0.1, 0.15) is 51.9 Å². The van der Waals surface area contributed by atoms with Crippen molar-refractivity contribution in [2.24, 2.45) is 5.92 Å². The van der Waals surface area contributed by atoms with Crippen molar-refractivity contribution in [2.45, 2.75) is 57.5 Å². The molecule has 4 heteroatoms.